The van der Waals surface area contributed by atoms with E-state index >= 15 is 0 Å². The molecule has 0 fully saturated rings. The zero-order valence-corrected chi connectivity index (χ0v) is 28.6. The van der Waals surface area contributed by atoms with Crippen molar-refractivity contribution in [2.75, 3.05) is 0 Å². The minimum absolute atomic E-state index is 0.197. The maximum atomic E-state index is 13.8. The number of hydrogen-bond acceptors (Lipinski definition) is 5. The number of urea groups is 1. The first-order valence-electron chi connectivity index (χ1n) is 16.9. The summed E-state index contributed by atoms with van der Waals surface area (Å²) < 4.78 is 2.31. The number of benzene rings is 6. The normalized spacial score (nSPS) is 12.5. The van der Waals surface area contributed by atoms with E-state index in [-0.39, 0.29) is 6.03 Å². The van der Waals surface area contributed by atoms with Crippen LogP contribution in [0.3, 0.4) is 0 Å². The first-order chi connectivity index (χ1) is 24.7. The predicted molar refractivity (Wildman–Crippen MR) is 206 cm³/mol. The number of carbonyl (C=O) groups is 1. The minimum Gasteiger partial charge on any atom is -0.334 e. The monoisotopic (exact) mass is 682 g/mol. The lowest BCUT2D eigenvalue weighted by Gasteiger charge is -2.17. The number of carbonyl (C=O) groups excluding carboxylic acids is 1. The highest BCUT2D eigenvalue weighted by atomic mass is 32.1. The maximum absolute atomic E-state index is 13.8. The van der Waals surface area contributed by atoms with E-state index in [0.717, 1.165) is 65.5 Å². The molecule has 0 spiro atoms. The van der Waals surface area contributed by atoms with Gasteiger partial charge < -0.3 is 10.6 Å². The van der Waals surface area contributed by atoms with Crippen LogP contribution in [0.15, 0.2) is 121 Å². The van der Waals surface area contributed by atoms with Crippen molar-refractivity contribution in [1.29, 1.82) is 0 Å². The van der Waals surface area contributed by atoms with Crippen LogP contribution >= 0.6 is 22.7 Å². The molecule has 8 aromatic rings. The molecule has 0 saturated heterocycles. The molecule has 0 radical (unpaired) electrons. The van der Waals surface area contributed by atoms with Crippen LogP contribution in [0.2, 0.25) is 0 Å². The van der Waals surface area contributed by atoms with Crippen LogP contribution in [-0.4, -0.2) is 16.0 Å². The third-order valence-corrected chi connectivity index (χ3v) is 12.3. The Bertz CT molecular complexity index is 2410. The molecule has 2 aliphatic rings. The highest BCUT2D eigenvalue weighted by Gasteiger charge is 2.26. The second-order valence-corrected chi connectivity index (χ2v) is 15.0. The summed E-state index contributed by atoms with van der Waals surface area (Å²) in [6, 6.07) is 42.4. The Balaban J connectivity index is 0.973. The number of thiazole rings is 2. The number of fused-ring (bicyclic) bond motifs is 8. The predicted octanol–water partition coefficient (Wildman–Crippen LogP) is 10.4. The average Bonchev–Trinajstić information content (AvgIpc) is 3.94. The molecule has 10 rings (SSSR count). The molecule has 2 N–H and O–H groups in total. The van der Waals surface area contributed by atoms with E-state index in [2.05, 4.69) is 120 Å². The van der Waals surface area contributed by atoms with Gasteiger partial charge in [0.1, 0.15) is 10.0 Å². The van der Waals surface area contributed by atoms with Gasteiger partial charge in [0, 0.05) is 24.2 Å². The van der Waals surface area contributed by atoms with Crippen molar-refractivity contribution in [1.82, 2.24) is 20.6 Å². The van der Waals surface area contributed by atoms with Crippen LogP contribution in [0.5, 0.6) is 0 Å². The Kier molecular flexibility index (Phi) is 6.89. The Morgan fingerprint density at radius 3 is 1.40 bits per heavy atom. The van der Waals surface area contributed by atoms with Crippen LogP contribution < -0.4 is 10.6 Å². The number of nitrogens with one attached hydrogen (secondary N) is 2. The highest BCUT2D eigenvalue weighted by Crippen LogP contribution is 2.44. The fraction of sp³-hybridized carbons (Fsp3) is 0.0930. The fourth-order valence-corrected chi connectivity index (χ4v) is 9.77. The molecule has 0 bridgehead atoms. The van der Waals surface area contributed by atoms with Crippen LogP contribution in [0.25, 0.3) is 63.8 Å². The zero-order valence-electron chi connectivity index (χ0n) is 27.0. The Morgan fingerprint density at radius 2 is 0.920 bits per heavy atom. The van der Waals surface area contributed by atoms with Gasteiger partial charge in [0.2, 0.25) is 0 Å². The van der Waals surface area contributed by atoms with Crippen molar-refractivity contribution in [3.63, 3.8) is 0 Å². The minimum atomic E-state index is -0.197. The maximum Gasteiger partial charge on any atom is 0.315 e. The zero-order chi connectivity index (χ0) is 33.2. The third kappa shape index (κ3) is 4.84. The van der Waals surface area contributed by atoms with Gasteiger partial charge in [-0.25, -0.2) is 14.8 Å². The lowest BCUT2D eigenvalue weighted by atomic mass is 9.96. The van der Waals surface area contributed by atoms with E-state index in [1.807, 2.05) is 12.1 Å². The summed E-state index contributed by atoms with van der Waals surface area (Å²) in [6.07, 6.45) is 1.68. The number of amides is 2. The van der Waals surface area contributed by atoms with Crippen LogP contribution in [-0.2, 0) is 25.9 Å². The molecule has 6 aromatic carbocycles. The molecule has 2 aromatic heterocycles. The van der Waals surface area contributed by atoms with Crippen molar-refractivity contribution in [2.45, 2.75) is 25.9 Å². The quantitative estimate of drug-likeness (QED) is 0.183. The summed E-state index contributed by atoms with van der Waals surface area (Å²) in [7, 11) is 0. The highest BCUT2D eigenvalue weighted by molar-refractivity contribution is 7.22. The molecular weight excluding hydrogens is 653 g/mol. The molecule has 2 heterocycles. The van der Waals surface area contributed by atoms with Crippen LogP contribution in [0.4, 0.5) is 4.79 Å². The van der Waals surface area contributed by atoms with Crippen molar-refractivity contribution in [3.05, 3.63) is 155 Å². The van der Waals surface area contributed by atoms with Gasteiger partial charge >= 0.3 is 6.03 Å². The average molecular weight is 683 g/mol. The third-order valence-electron chi connectivity index (χ3n) is 10.1. The van der Waals surface area contributed by atoms with E-state index in [1.54, 1.807) is 22.7 Å². The van der Waals surface area contributed by atoms with Crippen molar-refractivity contribution in [3.8, 4) is 43.4 Å². The molecular formula is C43H30N4OS2. The molecule has 0 unspecified atom stereocenters. The summed E-state index contributed by atoms with van der Waals surface area (Å²) >= 11 is 3.40. The van der Waals surface area contributed by atoms with Gasteiger partial charge in [-0.2, -0.15) is 0 Å². The number of nitrogens with zero attached hydrogens (tertiary/aromatic N) is 2. The van der Waals surface area contributed by atoms with Gasteiger partial charge in [0.15, 0.2) is 0 Å². The second-order valence-electron chi connectivity index (χ2n) is 12.9. The molecule has 2 aliphatic carbocycles. The van der Waals surface area contributed by atoms with E-state index in [4.69, 9.17) is 9.97 Å². The molecule has 7 heteroatoms. The van der Waals surface area contributed by atoms with E-state index < -0.39 is 0 Å². The van der Waals surface area contributed by atoms with Gasteiger partial charge in [-0.1, -0.05) is 97.1 Å². The Labute approximate surface area is 297 Å². The SMILES string of the molecule is O=C(NCc1c(-c2nc3ccccc3s2)ccc2c1Cc1ccccc1-2)NCc1c(-c2nc3ccccc3s2)ccc2c1Cc1ccccc1-2. The van der Waals surface area contributed by atoms with E-state index in [1.165, 1.54) is 44.5 Å². The van der Waals surface area contributed by atoms with Gasteiger partial charge in [-0.05, 0) is 92.7 Å². The van der Waals surface area contributed by atoms with Gasteiger partial charge in [-0.3, -0.25) is 0 Å². The number of hydrogen-bond donors (Lipinski definition) is 2. The first-order valence-corrected chi connectivity index (χ1v) is 18.5. The smallest absolute Gasteiger partial charge is 0.315 e. The van der Waals surface area contributed by atoms with Crippen LogP contribution in [0.1, 0.15) is 33.4 Å². The summed E-state index contributed by atoms with van der Waals surface area (Å²) in [5.74, 6) is 0. The molecule has 0 saturated carbocycles. The molecule has 240 valence electrons. The first kappa shape index (κ1) is 29.3. The summed E-state index contributed by atoms with van der Waals surface area (Å²) in [6.45, 7) is 0.800. The fourth-order valence-electron chi connectivity index (χ4n) is 7.73. The topological polar surface area (TPSA) is 66.9 Å². The molecule has 50 heavy (non-hydrogen) atoms. The van der Waals surface area contributed by atoms with Crippen LogP contribution in [0, 0.1) is 0 Å². The summed E-state index contributed by atoms with van der Waals surface area (Å²) in [4.78, 5) is 23.8. The van der Waals surface area contributed by atoms with Crippen molar-refractivity contribution in [2.24, 2.45) is 0 Å². The largest absolute Gasteiger partial charge is 0.334 e. The Hall–Kier alpha value is -5.63. The summed E-state index contributed by atoms with van der Waals surface area (Å²) in [5.41, 5.74) is 16.6. The lowest BCUT2D eigenvalue weighted by molar-refractivity contribution is 0.240. The lowest BCUT2D eigenvalue weighted by Crippen LogP contribution is -2.35. The van der Waals surface area contributed by atoms with Crippen molar-refractivity contribution >= 4 is 49.1 Å². The molecule has 0 aliphatic heterocycles. The van der Waals surface area contributed by atoms with E-state index in [0.29, 0.717) is 13.1 Å². The molecule has 2 amide bonds. The van der Waals surface area contributed by atoms with Crippen molar-refractivity contribution < 1.29 is 4.79 Å². The van der Waals surface area contributed by atoms with Gasteiger partial charge in [0.05, 0.1) is 20.4 Å². The number of aromatic nitrogens is 2. The Morgan fingerprint density at radius 1 is 0.500 bits per heavy atom. The van der Waals surface area contributed by atoms with Gasteiger partial charge in [0.25, 0.3) is 0 Å². The molecule has 5 nitrogen and oxygen atoms in total. The van der Waals surface area contributed by atoms with Gasteiger partial charge in [-0.15, -0.1) is 22.7 Å². The number of para-hydroxylation sites is 2. The van der Waals surface area contributed by atoms with E-state index in [9.17, 15) is 4.79 Å². The summed E-state index contributed by atoms with van der Waals surface area (Å²) in [5, 5.41) is 8.45. The second kappa shape index (κ2) is 11.8. The standard InChI is InChI=1S/C43H30N4OS2/c48-43(44-23-35-31(41-46-37-13-5-7-15-39(37)49-41)19-17-29-27-11-3-1-9-25(27)21-33(29)35)45-24-36-32(42-47-38-14-6-8-16-40(38)50-42)20-18-30-28-12-4-2-10-26(28)22-34(30)36/h1-20H,21-24H2,(H2,44,45,48). The number of rotatable bonds is 6. The molecule has 0 atom stereocenters.